The number of urea groups is 1. The summed E-state index contributed by atoms with van der Waals surface area (Å²) in [6.45, 7) is -0.440. The van der Waals surface area contributed by atoms with Gasteiger partial charge in [-0.25, -0.2) is 26.7 Å². The lowest BCUT2D eigenvalue weighted by molar-refractivity contribution is -0.141. The van der Waals surface area contributed by atoms with Gasteiger partial charge in [0, 0.05) is 17.5 Å². The van der Waals surface area contributed by atoms with Crippen LogP contribution in [0, 0.1) is 11.6 Å². The molecule has 2 aromatic carbocycles. The molecule has 0 aliphatic heterocycles. The van der Waals surface area contributed by atoms with Crippen molar-refractivity contribution in [3.05, 3.63) is 77.1 Å². The summed E-state index contributed by atoms with van der Waals surface area (Å²) in [5.41, 5.74) is 3.80. The van der Waals surface area contributed by atoms with Crippen molar-refractivity contribution in [2.45, 2.75) is 18.1 Å². The van der Waals surface area contributed by atoms with Crippen LogP contribution in [0.2, 0.25) is 0 Å². The summed E-state index contributed by atoms with van der Waals surface area (Å²) in [7, 11) is -3.77. The zero-order valence-corrected chi connectivity index (χ0v) is 18.2. The normalized spacial score (nSPS) is 12.9. The first kappa shape index (κ1) is 25.1. The summed E-state index contributed by atoms with van der Waals surface area (Å²) >= 11 is 0. The van der Waals surface area contributed by atoms with E-state index in [0.29, 0.717) is 6.07 Å². The summed E-state index contributed by atoms with van der Waals surface area (Å²) in [5.74, 6) is -1.67. The quantitative estimate of drug-likeness (QED) is 0.445. The van der Waals surface area contributed by atoms with Gasteiger partial charge in [-0.1, -0.05) is 12.1 Å². The highest BCUT2D eigenvalue weighted by molar-refractivity contribution is 7.90. The van der Waals surface area contributed by atoms with Crippen LogP contribution in [-0.2, 0) is 22.6 Å². The molecule has 0 saturated carbocycles. The van der Waals surface area contributed by atoms with Gasteiger partial charge in [0.15, 0.2) is 15.5 Å². The van der Waals surface area contributed by atoms with E-state index < -0.39 is 51.3 Å². The van der Waals surface area contributed by atoms with Crippen LogP contribution >= 0.6 is 0 Å². The van der Waals surface area contributed by atoms with E-state index in [1.807, 2.05) is 0 Å². The van der Waals surface area contributed by atoms with Gasteiger partial charge in [-0.15, -0.1) is 0 Å². The molecule has 0 radical (unpaired) electrons. The van der Waals surface area contributed by atoms with Crippen LogP contribution in [0.3, 0.4) is 0 Å². The van der Waals surface area contributed by atoms with Crippen molar-refractivity contribution < 1.29 is 35.2 Å². The smallest absolute Gasteiger partial charge is 0.332 e. The fourth-order valence-corrected chi connectivity index (χ4v) is 3.58. The van der Waals surface area contributed by atoms with Crippen molar-refractivity contribution in [2.75, 3.05) is 11.6 Å². The van der Waals surface area contributed by atoms with E-state index in [2.05, 4.69) is 15.7 Å². The van der Waals surface area contributed by atoms with Gasteiger partial charge >= 0.3 is 12.2 Å². The molecule has 3 rings (SSSR count). The fraction of sp³-hybridized carbons (Fsp3) is 0.200. The lowest BCUT2D eigenvalue weighted by Gasteiger charge is -2.13. The molecule has 1 unspecified atom stereocenters. The Bertz CT molecular complexity index is 1320. The van der Waals surface area contributed by atoms with Crippen molar-refractivity contribution in [3.8, 4) is 5.69 Å². The number of sulfone groups is 1. The molecule has 0 aliphatic carbocycles. The summed E-state index contributed by atoms with van der Waals surface area (Å²) in [4.78, 5) is 12.2. The molecule has 8 nitrogen and oxygen atoms in total. The van der Waals surface area contributed by atoms with Gasteiger partial charge in [0.1, 0.15) is 17.0 Å². The molecule has 2 amide bonds. The molecule has 14 heteroatoms. The summed E-state index contributed by atoms with van der Waals surface area (Å²) in [5, 5.41) is 6.43. The Labute approximate surface area is 190 Å². The molecule has 3 aromatic rings. The summed E-state index contributed by atoms with van der Waals surface area (Å²) in [6.07, 6.45) is -3.93. The van der Waals surface area contributed by atoms with E-state index in [1.54, 1.807) is 0 Å². The number of halogens is 5. The number of nitrogens with one attached hydrogen (secondary N) is 2. The number of nitrogens with two attached hydrogens (primary N) is 1. The van der Waals surface area contributed by atoms with E-state index in [-0.39, 0.29) is 22.6 Å². The number of hydrogen-bond donors (Lipinski definition) is 3. The molecule has 0 bridgehead atoms. The number of benzene rings is 2. The molecule has 0 aliphatic rings. The highest BCUT2D eigenvalue weighted by Gasteiger charge is 2.35. The lowest BCUT2D eigenvalue weighted by atomic mass is 10.2. The topological polar surface area (TPSA) is 119 Å². The van der Waals surface area contributed by atoms with Crippen molar-refractivity contribution >= 4 is 21.6 Å². The van der Waals surface area contributed by atoms with Gasteiger partial charge in [0.2, 0.25) is 0 Å². The number of nitrogens with zero attached hydrogens (tertiary/aromatic N) is 2. The molecule has 4 N–H and O–H groups in total. The first-order valence-corrected chi connectivity index (χ1v) is 11.4. The minimum absolute atomic E-state index is 0.00702. The van der Waals surface area contributed by atoms with E-state index in [9.17, 15) is 35.2 Å². The predicted molar refractivity (Wildman–Crippen MR) is 113 cm³/mol. The van der Waals surface area contributed by atoms with Gasteiger partial charge in [0.25, 0.3) is 0 Å². The van der Waals surface area contributed by atoms with Gasteiger partial charge in [-0.2, -0.15) is 18.3 Å². The molecular weight excluding hydrogens is 485 g/mol. The third-order valence-corrected chi connectivity index (χ3v) is 5.76. The number of aromatic nitrogens is 2. The maximum absolute atomic E-state index is 14.3. The van der Waals surface area contributed by atoms with Crippen LogP contribution in [0.15, 0.2) is 48.5 Å². The number of carbonyl (C=O) groups excluding carboxylic acids is 1. The van der Waals surface area contributed by atoms with Crippen LogP contribution in [-0.4, -0.2) is 30.5 Å². The first-order valence-electron chi connectivity index (χ1n) is 9.46. The van der Waals surface area contributed by atoms with E-state index in [1.165, 1.54) is 18.2 Å². The van der Waals surface area contributed by atoms with Crippen molar-refractivity contribution in [3.63, 3.8) is 0 Å². The number of rotatable bonds is 6. The van der Waals surface area contributed by atoms with Crippen molar-refractivity contribution in [2.24, 2.45) is 5.73 Å². The van der Waals surface area contributed by atoms with Crippen molar-refractivity contribution in [1.29, 1.82) is 0 Å². The number of amides is 2. The highest BCUT2D eigenvalue weighted by Crippen LogP contribution is 2.29. The van der Waals surface area contributed by atoms with Crippen LogP contribution in [0.25, 0.3) is 5.69 Å². The van der Waals surface area contributed by atoms with Gasteiger partial charge in [-0.05, 0) is 36.4 Å². The molecule has 0 spiro atoms. The van der Waals surface area contributed by atoms with Crippen LogP contribution in [0.1, 0.15) is 22.3 Å². The van der Waals surface area contributed by atoms with Gasteiger partial charge in [-0.3, -0.25) is 0 Å². The third kappa shape index (κ3) is 5.88. The zero-order chi connectivity index (χ0) is 25.3. The largest absolute Gasteiger partial charge is 0.435 e. The number of anilines is 1. The number of hydrogen-bond acceptors (Lipinski definition) is 5. The minimum Gasteiger partial charge on any atom is -0.332 e. The Hall–Kier alpha value is -3.52. The second-order valence-corrected chi connectivity index (χ2v) is 9.37. The maximum Gasteiger partial charge on any atom is 0.435 e. The average Bonchev–Trinajstić information content (AvgIpc) is 3.16. The molecule has 182 valence electrons. The molecule has 0 saturated heterocycles. The Balaban J connectivity index is 1.76. The van der Waals surface area contributed by atoms with E-state index in [0.717, 1.165) is 35.2 Å². The summed E-state index contributed by atoms with van der Waals surface area (Å²) < 4.78 is 91.1. The second kappa shape index (κ2) is 9.38. The zero-order valence-electron chi connectivity index (χ0n) is 17.4. The van der Waals surface area contributed by atoms with Crippen molar-refractivity contribution in [1.82, 2.24) is 15.1 Å². The van der Waals surface area contributed by atoms with E-state index in [4.69, 9.17) is 5.73 Å². The fourth-order valence-electron chi connectivity index (χ4n) is 2.93. The Morgan fingerprint density at radius 1 is 1.15 bits per heavy atom. The SMILES string of the molecule is CS(=O)(=O)C(N)c1ccc(NC(=O)NCc2cc(C(F)(F)F)nn2-c2cccc(F)c2)cc1F. The lowest BCUT2D eigenvalue weighted by Crippen LogP contribution is -2.29. The Morgan fingerprint density at radius 3 is 2.44 bits per heavy atom. The molecular formula is C20H18F5N5O3S. The maximum atomic E-state index is 14.3. The van der Waals surface area contributed by atoms with Crippen LogP contribution in [0.4, 0.5) is 32.4 Å². The molecule has 1 aromatic heterocycles. The second-order valence-electron chi connectivity index (χ2n) is 7.20. The third-order valence-electron chi connectivity index (χ3n) is 4.58. The number of carbonyl (C=O) groups is 1. The first-order chi connectivity index (χ1) is 15.8. The van der Waals surface area contributed by atoms with Gasteiger partial charge < -0.3 is 16.4 Å². The minimum atomic E-state index is -4.78. The predicted octanol–water partition coefficient (Wildman–Crippen LogP) is 3.49. The van der Waals surface area contributed by atoms with Crippen LogP contribution in [0.5, 0.6) is 0 Å². The summed E-state index contributed by atoms with van der Waals surface area (Å²) in [6, 6.07) is 7.65. The monoisotopic (exact) mass is 503 g/mol. The highest BCUT2D eigenvalue weighted by atomic mass is 32.2. The Kier molecular flexibility index (Phi) is 6.93. The standard InChI is InChI=1S/C20H18F5N5O3S/c1-34(32,33)18(26)15-6-5-12(8-16(15)22)28-19(31)27-10-14-9-17(20(23,24)25)29-30(14)13-4-2-3-11(21)7-13/h2-9,18H,10,26H2,1H3,(H2,27,28,31). The molecule has 1 heterocycles. The Morgan fingerprint density at radius 2 is 1.85 bits per heavy atom. The van der Waals surface area contributed by atoms with Crippen LogP contribution < -0.4 is 16.4 Å². The molecule has 0 fully saturated rings. The average molecular weight is 503 g/mol. The molecule has 1 atom stereocenters. The van der Waals surface area contributed by atoms with E-state index >= 15 is 0 Å². The van der Waals surface area contributed by atoms with Gasteiger partial charge in [0.05, 0.1) is 17.9 Å². The number of alkyl halides is 3. The molecule has 34 heavy (non-hydrogen) atoms.